The fraction of sp³-hybridized carbons (Fsp3) is 0.176. The molecule has 1 atom stereocenters. The Morgan fingerprint density at radius 2 is 1.58 bits per heavy atom. The molecule has 2 rings (SSSR count). The van der Waals surface area contributed by atoms with E-state index in [4.69, 9.17) is 0 Å². The first-order valence-electron chi connectivity index (χ1n) is 6.35. The highest BCUT2D eigenvalue weighted by Crippen LogP contribution is 2.17. The molecule has 2 heteroatoms. The van der Waals surface area contributed by atoms with Gasteiger partial charge in [-0.3, -0.25) is 0 Å². The first kappa shape index (κ1) is 13.4. The lowest BCUT2D eigenvalue weighted by Gasteiger charge is -2.12. The molecular weight excluding hydrogens is 234 g/mol. The van der Waals surface area contributed by atoms with Crippen LogP contribution >= 0.6 is 0 Å². The Labute approximate surface area is 114 Å². The molecule has 98 valence electrons. The van der Waals surface area contributed by atoms with E-state index >= 15 is 0 Å². The first-order chi connectivity index (χ1) is 9.16. The van der Waals surface area contributed by atoms with E-state index in [1.807, 2.05) is 62.6 Å². The van der Waals surface area contributed by atoms with Gasteiger partial charge in [-0.25, -0.2) is 0 Å². The lowest BCUT2D eigenvalue weighted by Crippen LogP contribution is -2.07. The number of aliphatic hydroxyl groups excluding tert-OH is 1. The van der Waals surface area contributed by atoms with Gasteiger partial charge in [-0.2, -0.15) is 0 Å². The number of rotatable bonds is 4. The molecule has 0 unspecified atom stereocenters. The zero-order valence-corrected chi connectivity index (χ0v) is 11.3. The highest BCUT2D eigenvalue weighted by molar-refractivity contribution is 5.56. The summed E-state index contributed by atoms with van der Waals surface area (Å²) in [4.78, 5) is 2.06. The van der Waals surface area contributed by atoms with Crippen LogP contribution in [0.15, 0.2) is 60.7 Å². The maximum absolute atomic E-state index is 10.0. The van der Waals surface area contributed by atoms with E-state index in [0.717, 1.165) is 11.1 Å². The summed E-state index contributed by atoms with van der Waals surface area (Å²) in [5.74, 6) is 0. The van der Waals surface area contributed by atoms with Crippen LogP contribution in [0.3, 0.4) is 0 Å². The minimum absolute atomic E-state index is 0.560. The molecule has 0 aliphatic heterocycles. The van der Waals surface area contributed by atoms with Crippen LogP contribution in [0.4, 0.5) is 5.69 Å². The molecular formula is C17H19NO. The van der Waals surface area contributed by atoms with Crippen LogP contribution in [0.25, 0.3) is 6.08 Å². The van der Waals surface area contributed by atoms with Crippen LogP contribution in [0.1, 0.15) is 17.2 Å². The molecule has 0 fully saturated rings. The molecule has 0 aliphatic rings. The smallest absolute Gasteiger partial charge is 0.0975 e. The van der Waals surface area contributed by atoms with E-state index in [0.29, 0.717) is 0 Å². The van der Waals surface area contributed by atoms with Crippen LogP contribution in [-0.2, 0) is 0 Å². The molecule has 1 N–H and O–H groups in total. The minimum Gasteiger partial charge on any atom is -0.384 e. The maximum Gasteiger partial charge on any atom is 0.0975 e. The standard InChI is InChI=1S/C17H19NO/c1-18(2)16-11-8-14(9-12-16)10-13-17(19)15-6-4-3-5-7-15/h3-13,17,19H,1-2H3/b13-10-/t17-/m0/s1. The summed E-state index contributed by atoms with van der Waals surface area (Å²) in [6, 6.07) is 17.9. The SMILES string of the molecule is CN(C)c1ccc(/C=C\[C@H](O)c2ccccc2)cc1. The van der Waals surface area contributed by atoms with Gasteiger partial charge in [0.15, 0.2) is 0 Å². The Kier molecular flexibility index (Phi) is 4.37. The van der Waals surface area contributed by atoms with E-state index in [2.05, 4.69) is 17.0 Å². The number of nitrogens with zero attached hydrogens (tertiary/aromatic N) is 1. The molecule has 0 amide bonds. The highest BCUT2D eigenvalue weighted by Gasteiger charge is 2.01. The lowest BCUT2D eigenvalue weighted by molar-refractivity contribution is 0.229. The van der Waals surface area contributed by atoms with Crippen molar-refractivity contribution in [2.75, 3.05) is 19.0 Å². The molecule has 0 saturated carbocycles. The van der Waals surface area contributed by atoms with E-state index in [-0.39, 0.29) is 0 Å². The van der Waals surface area contributed by atoms with Crippen LogP contribution in [0.2, 0.25) is 0 Å². The van der Waals surface area contributed by atoms with Crippen molar-refractivity contribution in [1.29, 1.82) is 0 Å². The number of benzene rings is 2. The third kappa shape index (κ3) is 3.70. The molecule has 0 spiro atoms. The van der Waals surface area contributed by atoms with Crippen molar-refractivity contribution in [3.8, 4) is 0 Å². The van der Waals surface area contributed by atoms with Gasteiger partial charge in [-0.1, -0.05) is 54.6 Å². The maximum atomic E-state index is 10.0. The highest BCUT2D eigenvalue weighted by atomic mass is 16.3. The Hall–Kier alpha value is -2.06. The van der Waals surface area contributed by atoms with Gasteiger partial charge in [0.05, 0.1) is 6.10 Å². The number of aliphatic hydroxyl groups is 1. The van der Waals surface area contributed by atoms with Crippen molar-refractivity contribution in [3.05, 3.63) is 71.8 Å². The van der Waals surface area contributed by atoms with Crippen LogP contribution in [0.5, 0.6) is 0 Å². The summed E-state index contributed by atoms with van der Waals surface area (Å²) in [5, 5.41) is 10.0. The topological polar surface area (TPSA) is 23.5 Å². The van der Waals surface area contributed by atoms with Gasteiger partial charge in [0.25, 0.3) is 0 Å². The van der Waals surface area contributed by atoms with Gasteiger partial charge in [0.1, 0.15) is 0 Å². The second kappa shape index (κ2) is 6.21. The fourth-order valence-electron chi connectivity index (χ4n) is 1.85. The summed E-state index contributed by atoms with van der Waals surface area (Å²) in [6.45, 7) is 0. The van der Waals surface area contributed by atoms with Crippen LogP contribution in [0, 0.1) is 0 Å². The van der Waals surface area contributed by atoms with Crippen molar-refractivity contribution < 1.29 is 5.11 Å². The molecule has 2 aromatic rings. The van der Waals surface area contributed by atoms with E-state index in [1.54, 1.807) is 6.08 Å². The van der Waals surface area contributed by atoms with Crippen LogP contribution in [-0.4, -0.2) is 19.2 Å². The van der Waals surface area contributed by atoms with Gasteiger partial charge >= 0.3 is 0 Å². The Bertz CT molecular complexity index is 529. The van der Waals surface area contributed by atoms with Crippen molar-refractivity contribution in [1.82, 2.24) is 0 Å². The van der Waals surface area contributed by atoms with Crippen LogP contribution < -0.4 is 4.90 Å². The van der Waals surface area contributed by atoms with Gasteiger partial charge < -0.3 is 10.0 Å². The summed E-state index contributed by atoms with van der Waals surface area (Å²) in [7, 11) is 4.04. The number of hydrogen-bond donors (Lipinski definition) is 1. The summed E-state index contributed by atoms with van der Waals surface area (Å²) in [5.41, 5.74) is 3.16. The molecule has 0 saturated heterocycles. The predicted octanol–water partition coefficient (Wildman–Crippen LogP) is 3.50. The average molecular weight is 253 g/mol. The molecule has 2 nitrogen and oxygen atoms in total. The van der Waals surface area contributed by atoms with Crippen molar-refractivity contribution in [2.45, 2.75) is 6.10 Å². The third-order valence-corrected chi connectivity index (χ3v) is 3.02. The second-order valence-electron chi connectivity index (χ2n) is 4.70. The second-order valence-corrected chi connectivity index (χ2v) is 4.70. The third-order valence-electron chi connectivity index (χ3n) is 3.02. The monoisotopic (exact) mass is 253 g/mol. The molecule has 2 aromatic carbocycles. The van der Waals surface area contributed by atoms with Crippen molar-refractivity contribution in [2.24, 2.45) is 0 Å². The quantitative estimate of drug-likeness (QED) is 0.901. The Balaban J connectivity index is 2.06. The normalized spacial score (nSPS) is 12.6. The van der Waals surface area contributed by atoms with E-state index in [9.17, 15) is 5.11 Å². The largest absolute Gasteiger partial charge is 0.384 e. The summed E-state index contributed by atoms with van der Waals surface area (Å²) < 4.78 is 0. The van der Waals surface area contributed by atoms with Gasteiger partial charge in [0.2, 0.25) is 0 Å². The van der Waals surface area contributed by atoms with E-state index in [1.165, 1.54) is 5.69 Å². The number of anilines is 1. The van der Waals surface area contributed by atoms with Crippen molar-refractivity contribution >= 4 is 11.8 Å². The van der Waals surface area contributed by atoms with Gasteiger partial charge in [-0.05, 0) is 23.3 Å². The molecule has 0 aliphatic carbocycles. The zero-order chi connectivity index (χ0) is 13.7. The molecule has 0 radical (unpaired) electrons. The molecule has 0 heterocycles. The minimum atomic E-state index is -0.560. The molecule has 0 aromatic heterocycles. The fourth-order valence-corrected chi connectivity index (χ4v) is 1.85. The van der Waals surface area contributed by atoms with E-state index < -0.39 is 6.10 Å². The molecule has 19 heavy (non-hydrogen) atoms. The zero-order valence-electron chi connectivity index (χ0n) is 11.3. The summed E-state index contributed by atoms with van der Waals surface area (Å²) in [6.07, 6.45) is 3.19. The predicted molar refractivity (Wildman–Crippen MR) is 81.2 cm³/mol. The van der Waals surface area contributed by atoms with Gasteiger partial charge in [0, 0.05) is 19.8 Å². The average Bonchev–Trinajstić information content (AvgIpc) is 2.46. The number of hydrogen-bond acceptors (Lipinski definition) is 2. The van der Waals surface area contributed by atoms with Crippen molar-refractivity contribution in [3.63, 3.8) is 0 Å². The first-order valence-corrected chi connectivity index (χ1v) is 6.35. The Morgan fingerprint density at radius 3 is 2.16 bits per heavy atom. The van der Waals surface area contributed by atoms with Gasteiger partial charge in [-0.15, -0.1) is 0 Å². The summed E-state index contributed by atoms with van der Waals surface area (Å²) >= 11 is 0. The molecule has 0 bridgehead atoms. The lowest BCUT2D eigenvalue weighted by atomic mass is 10.1. The Morgan fingerprint density at radius 1 is 0.947 bits per heavy atom.